The fourth-order valence-corrected chi connectivity index (χ4v) is 8.16. The summed E-state index contributed by atoms with van der Waals surface area (Å²) < 4.78 is 2.46. The van der Waals surface area contributed by atoms with E-state index in [2.05, 4.69) is 202 Å². The molecular weight excluding hydrogens is 595 g/mol. The minimum absolute atomic E-state index is 0.143. The van der Waals surface area contributed by atoms with Gasteiger partial charge in [-0.1, -0.05) is 115 Å². The molecule has 2 aliphatic rings. The average Bonchev–Trinajstić information content (AvgIpc) is 3.68. The van der Waals surface area contributed by atoms with Crippen molar-refractivity contribution in [1.29, 1.82) is 0 Å². The molecule has 0 amide bonds. The number of para-hydroxylation sites is 4. The highest BCUT2D eigenvalue weighted by molar-refractivity contribution is 6.02. The van der Waals surface area contributed by atoms with Gasteiger partial charge in [-0.3, -0.25) is 0 Å². The van der Waals surface area contributed by atoms with Crippen molar-refractivity contribution in [1.82, 2.24) is 4.57 Å². The molecule has 0 N–H and O–H groups in total. The van der Waals surface area contributed by atoms with Crippen LogP contribution in [-0.4, -0.2) is 10.6 Å². The molecule has 49 heavy (non-hydrogen) atoms. The number of nitrogens with zero attached hydrogens (tertiary/aromatic N) is 3. The first-order valence-electron chi connectivity index (χ1n) is 17.0. The van der Waals surface area contributed by atoms with E-state index < -0.39 is 0 Å². The van der Waals surface area contributed by atoms with Crippen LogP contribution in [0, 0.1) is 0 Å². The molecule has 10 rings (SSSR count). The number of fused-ring (bicyclic) bond motifs is 8. The van der Waals surface area contributed by atoms with Crippen molar-refractivity contribution >= 4 is 62.3 Å². The van der Waals surface area contributed by atoms with E-state index in [0.29, 0.717) is 0 Å². The number of anilines is 5. The molecule has 2 heterocycles. The van der Waals surface area contributed by atoms with Gasteiger partial charge in [0.25, 0.3) is 0 Å². The van der Waals surface area contributed by atoms with Crippen LogP contribution in [0.5, 0.6) is 0 Å². The molecule has 1 aromatic heterocycles. The Kier molecular flexibility index (Phi) is 6.31. The maximum Gasteiger partial charge on any atom is 0.0650 e. The molecule has 0 spiro atoms. The lowest BCUT2D eigenvalue weighted by Gasteiger charge is -2.29. The van der Waals surface area contributed by atoms with Crippen LogP contribution in [0.2, 0.25) is 0 Å². The van der Waals surface area contributed by atoms with Gasteiger partial charge in [0.15, 0.2) is 0 Å². The van der Waals surface area contributed by atoms with E-state index in [1.54, 1.807) is 0 Å². The summed E-state index contributed by atoms with van der Waals surface area (Å²) in [5, 5.41) is 6.41. The van der Waals surface area contributed by atoms with Gasteiger partial charge in [-0.2, -0.15) is 0 Å². The summed E-state index contributed by atoms with van der Waals surface area (Å²) in [5.74, 6) is 0.235. The Labute approximate surface area is 285 Å². The number of aromatic nitrogens is 1. The van der Waals surface area contributed by atoms with Crippen LogP contribution in [0.25, 0.3) is 39.5 Å². The van der Waals surface area contributed by atoms with Gasteiger partial charge in [0.1, 0.15) is 0 Å². The smallest absolute Gasteiger partial charge is 0.0650 e. The molecule has 3 heteroatoms. The molecule has 0 saturated carbocycles. The van der Waals surface area contributed by atoms with E-state index in [4.69, 9.17) is 0 Å². The van der Waals surface area contributed by atoms with Crippen molar-refractivity contribution in [3.63, 3.8) is 0 Å². The molecule has 0 fully saturated rings. The Morgan fingerprint density at radius 3 is 1.76 bits per heavy atom. The Morgan fingerprint density at radius 2 is 1.04 bits per heavy atom. The highest BCUT2D eigenvalue weighted by atomic mass is 15.2. The van der Waals surface area contributed by atoms with Crippen LogP contribution in [0.15, 0.2) is 176 Å². The van der Waals surface area contributed by atoms with E-state index in [0.717, 1.165) is 22.7 Å². The van der Waals surface area contributed by atoms with Gasteiger partial charge >= 0.3 is 0 Å². The second-order valence-corrected chi connectivity index (χ2v) is 13.0. The largest absolute Gasteiger partial charge is 0.333 e. The lowest BCUT2D eigenvalue weighted by molar-refractivity contribution is 0.796. The summed E-state index contributed by atoms with van der Waals surface area (Å²) in [6.07, 6.45) is 5.06. The van der Waals surface area contributed by atoms with Crippen LogP contribution in [0.1, 0.15) is 11.5 Å². The van der Waals surface area contributed by atoms with Gasteiger partial charge in [-0.25, -0.2) is 0 Å². The predicted octanol–water partition coefficient (Wildman–Crippen LogP) is 10.1. The third kappa shape index (κ3) is 4.36. The fourth-order valence-electron chi connectivity index (χ4n) is 8.16. The van der Waals surface area contributed by atoms with Crippen molar-refractivity contribution in [2.24, 2.45) is 0 Å². The summed E-state index contributed by atoms with van der Waals surface area (Å²) in [5.41, 5.74) is 9.68. The topological polar surface area (TPSA) is 11.4 Å². The van der Waals surface area contributed by atoms with Crippen molar-refractivity contribution in [3.8, 4) is 5.69 Å². The molecular formula is C46H33N3. The lowest BCUT2D eigenvalue weighted by Crippen LogP contribution is -2.40. The van der Waals surface area contributed by atoms with Crippen LogP contribution >= 0.6 is 0 Å². The highest BCUT2D eigenvalue weighted by Gasteiger charge is 2.39. The van der Waals surface area contributed by atoms with Crippen molar-refractivity contribution < 1.29 is 0 Å². The Bertz CT molecular complexity index is 2570. The van der Waals surface area contributed by atoms with Crippen LogP contribution in [-0.2, 0) is 0 Å². The third-order valence-corrected chi connectivity index (χ3v) is 10.3. The van der Waals surface area contributed by atoms with Gasteiger partial charge in [-0.05, 0) is 83.8 Å². The minimum Gasteiger partial charge on any atom is -0.333 e. The van der Waals surface area contributed by atoms with Gasteiger partial charge in [0.2, 0.25) is 0 Å². The number of benzene rings is 7. The zero-order valence-electron chi connectivity index (χ0n) is 26.9. The quantitative estimate of drug-likeness (QED) is 0.188. The summed E-state index contributed by atoms with van der Waals surface area (Å²) in [4.78, 5) is 4.89. The highest BCUT2D eigenvalue weighted by Crippen LogP contribution is 2.50. The third-order valence-electron chi connectivity index (χ3n) is 10.3. The van der Waals surface area contributed by atoms with Crippen LogP contribution in [0.3, 0.4) is 0 Å². The van der Waals surface area contributed by atoms with E-state index in [-0.39, 0.29) is 12.0 Å². The molecule has 1 aliphatic carbocycles. The standard InChI is InChI=1S/C46H33N3/c1-4-15-33(16-5-1)47(34-17-6-2-7-18-34)36-25-27-37(28-26-36)48-43-23-13-12-22-39(43)41-30-42-40-29-24-32-14-10-11-21-38(32)46(40)49(45(42)31-44(41)48)35-19-8-3-9-20-35/h1-31,42,45H. The van der Waals surface area contributed by atoms with E-state index in [1.807, 2.05) is 0 Å². The predicted molar refractivity (Wildman–Crippen MR) is 205 cm³/mol. The molecule has 3 nitrogen and oxygen atoms in total. The van der Waals surface area contributed by atoms with Gasteiger partial charge in [0, 0.05) is 50.3 Å². The van der Waals surface area contributed by atoms with Gasteiger partial charge < -0.3 is 14.4 Å². The molecule has 0 saturated heterocycles. The first-order valence-corrected chi connectivity index (χ1v) is 17.0. The van der Waals surface area contributed by atoms with E-state index in [1.165, 1.54) is 49.2 Å². The second-order valence-electron chi connectivity index (χ2n) is 13.0. The molecule has 2 atom stereocenters. The Balaban J connectivity index is 1.17. The normalized spacial score (nSPS) is 16.0. The summed E-state index contributed by atoms with van der Waals surface area (Å²) in [6, 6.07) is 63.6. The number of hydrogen-bond donors (Lipinski definition) is 0. The maximum atomic E-state index is 2.57. The Morgan fingerprint density at radius 1 is 0.449 bits per heavy atom. The fraction of sp³-hybridized carbons (Fsp3) is 0.0435. The van der Waals surface area contributed by atoms with Crippen molar-refractivity contribution in [3.05, 3.63) is 192 Å². The molecule has 0 bridgehead atoms. The zero-order valence-corrected chi connectivity index (χ0v) is 26.9. The minimum atomic E-state index is 0.143. The van der Waals surface area contributed by atoms with Gasteiger partial charge in [-0.15, -0.1) is 0 Å². The van der Waals surface area contributed by atoms with E-state index >= 15 is 0 Å². The molecule has 1 aliphatic heterocycles. The van der Waals surface area contributed by atoms with Gasteiger partial charge in [0.05, 0.1) is 22.6 Å². The molecule has 2 unspecified atom stereocenters. The zero-order chi connectivity index (χ0) is 32.3. The molecule has 8 aromatic rings. The summed E-state index contributed by atoms with van der Waals surface area (Å²) in [7, 11) is 0. The van der Waals surface area contributed by atoms with Crippen LogP contribution < -0.4 is 20.4 Å². The summed E-state index contributed by atoms with van der Waals surface area (Å²) in [6.45, 7) is 0. The lowest BCUT2D eigenvalue weighted by atomic mass is 9.89. The summed E-state index contributed by atoms with van der Waals surface area (Å²) >= 11 is 0. The SMILES string of the molecule is C1=c2c(n(-c3ccc(N(c4ccccc4)c4ccccc4)cc3)c3ccccc23)=CC2C1c1ccc3ccccc3c1N2c1ccccc1. The van der Waals surface area contributed by atoms with Crippen molar-refractivity contribution in [2.45, 2.75) is 12.0 Å². The molecule has 0 radical (unpaired) electrons. The monoisotopic (exact) mass is 627 g/mol. The number of hydrogen-bond acceptors (Lipinski definition) is 2. The first-order chi connectivity index (χ1) is 24.3. The van der Waals surface area contributed by atoms with Crippen molar-refractivity contribution in [2.75, 3.05) is 9.80 Å². The molecule has 232 valence electrons. The van der Waals surface area contributed by atoms with Crippen LogP contribution in [0.4, 0.5) is 28.4 Å². The second kappa shape index (κ2) is 11.1. The average molecular weight is 628 g/mol. The first kappa shape index (κ1) is 27.8. The number of rotatable bonds is 5. The molecule has 7 aromatic carbocycles. The maximum absolute atomic E-state index is 2.57. The Hall–Kier alpha value is -6.32. The van der Waals surface area contributed by atoms with E-state index in [9.17, 15) is 0 Å².